The van der Waals surface area contributed by atoms with E-state index in [-0.39, 0.29) is 5.78 Å². The minimum Gasteiger partial charge on any atom is -0.508 e. The van der Waals surface area contributed by atoms with E-state index in [1.165, 1.54) is 0 Å². The first kappa shape index (κ1) is 14.3. The molecule has 0 spiro atoms. The van der Waals surface area contributed by atoms with Crippen LogP contribution in [0, 0.1) is 0 Å². The summed E-state index contributed by atoms with van der Waals surface area (Å²) < 4.78 is 0. The maximum absolute atomic E-state index is 12.5. The van der Waals surface area contributed by atoms with Crippen LogP contribution in [0.1, 0.15) is 34.8 Å². The number of ketones is 1. The molecule has 0 radical (unpaired) electrons. The van der Waals surface area contributed by atoms with Gasteiger partial charge in [-0.3, -0.25) is 4.79 Å². The molecule has 1 N–H and O–H groups in total. The highest BCUT2D eigenvalue weighted by atomic mass is 16.3. The Bertz CT molecular complexity index is 820. The molecule has 0 unspecified atom stereocenters. The quantitative estimate of drug-likeness (QED) is 0.705. The molecule has 0 heterocycles. The van der Waals surface area contributed by atoms with E-state index >= 15 is 0 Å². The molecule has 2 nitrogen and oxygen atoms in total. The van der Waals surface area contributed by atoms with Crippen LogP contribution in [0.3, 0.4) is 0 Å². The fraction of sp³-hybridized carbons (Fsp3) is 0.150. The van der Waals surface area contributed by atoms with Crippen LogP contribution in [-0.2, 0) is 6.42 Å². The standard InChI is InChI=1S/C20H18O2/c1-2-6-18-17-11-9-16(13-15(17)10-12-19(18)21)20(22)14-7-4-3-5-8-14/h3-5,7-13,21H,2,6H2,1H3. The number of phenols is 1. The van der Waals surface area contributed by atoms with E-state index in [4.69, 9.17) is 0 Å². The third-order valence-corrected chi connectivity index (χ3v) is 3.90. The lowest BCUT2D eigenvalue weighted by Crippen LogP contribution is -2.01. The van der Waals surface area contributed by atoms with Crippen molar-refractivity contribution in [2.45, 2.75) is 19.8 Å². The minimum absolute atomic E-state index is 0.0209. The van der Waals surface area contributed by atoms with E-state index in [1.807, 2.05) is 54.6 Å². The average Bonchev–Trinajstić information content (AvgIpc) is 2.57. The fourth-order valence-electron chi connectivity index (χ4n) is 2.79. The number of phenolic OH excluding ortho intramolecular Hbond substituents is 1. The number of aryl methyl sites for hydroxylation is 1. The topological polar surface area (TPSA) is 37.3 Å². The summed E-state index contributed by atoms with van der Waals surface area (Å²) in [5.74, 6) is 0.351. The molecule has 0 saturated carbocycles. The molecule has 0 amide bonds. The molecular formula is C20H18O2. The van der Waals surface area contributed by atoms with Crippen LogP contribution in [0.25, 0.3) is 10.8 Å². The third kappa shape index (κ3) is 2.60. The lowest BCUT2D eigenvalue weighted by Gasteiger charge is -2.09. The Labute approximate surface area is 130 Å². The van der Waals surface area contributed by atoms with E-state index in [0.29, 0.717) is 16.9 Å². The lowest BCUT2D eigenvalue weighted by molar-refractivity contribution is 0.103. The highest BCUT2D eigenvalue weighted by molar-refractivity contribution is 6.10. The number of benzene rings is 3. The Morgan fingerprint density at radius 3 is 2.45 bits per heavy atom. The van der Waals surface area contributed by atoms with Crippen LogP contribution in [0.15, 0.2) is 60.7 Å². The van der Waals surface area contributed by atoms with Gasteiger partial charge < -0.3 is 5.11 Å². The Morgan fingerprint density at radius 1 is 0.955 bits per heavy atom. The molecule has 0 aliphatic carbocycles. The van der Waals surface area contributed by atoms with Crippen molar-refractivity contribution in [3.05, 3.63) is 77.4 Å². The number of rotatable bonds is 4. The number of fused-ring (bicyclic) bond motifs is 1. The van der Waals surface area contributed by atoms with E-state index in [1.54, 1.807) is 6.07 Å². The Morgan fingerprint density at radius 2 is 1.73 bits per heavy atom. The van der Waals surface area contributed by atoms with E-state index in [9.17, 15) is 9.90 Å². The van der Waals surface area contributed by atoms with Gasteiger partial charge in [-0.2, -0.15) is 0 Å². The largest absolute Gasteiger partial charge is 0.508 e. The van der Waals surface area contributed by atoms with Gasteiger partial charge >= 0.3 is 0 Å². The van der Waals surface area contributed by atoms with Crippen molar-refractivity contribution >= 4 is 16.6 Å². The van der Waals surface area contributed by atoms with Crippen molar-refractivity contribution in [2.24, 2.45) is 0 Å². The molecule has 3 aromatic carbocycles. The molecule has 3 rings (SSSR count). The van der Waals surface area contributed by atoms with Crippen molar-refractivity contribution in [3.63, 3.8) is 0 Å². The Balaban J connectivity index is 2.08. The molecule has 22 heavy (non-hydrogen) atoms. The maximum atomic E-state index is 12.5. The van der Waals surface area contributed by atoms with Gasteiger partial charge in [0.2, 0.25) is 0 Å². The van der Waals surface area contributed by atoms with Gasteiger partial charge in [0, 0.05) is 16.7 Å². The Hall–Kier alpha value is -2.61. The molecular weight excluding hydrogens is 272 g/mol. The summed E-state index contributed by atoms with van der Waals surface area (Å²) >= 11 is 0. The summed E-state index contributed by atoms with van der Waals surface area (Å²) in [7, 11) is 0. The maximum Gasteiger partial charge on any atom is 0.193 e. The SMILES string of the molecule is CCCc1c(O)ccc2cc(C(=O)c3ccccc3)ccc12. The summed E-state index contributed by atoms with van der Waals surface area (Å²) in [5, 5.41) is 12.0. The molecule has 0 atom stereocenters. The molecule has 0 aliphatic heterocycles. The molecule has 0 aliphatic rings. The normalized spacial score (nSPS) is 10.8. The number of carbonyl (C=O) groups excluding carboxylic acids is 1. The van der Waals surface area contributed by atoms with Crippen molar-refractivity contribution in [1.29, 1.82) is 0 Å². The van der Waals surface area contributed by atoms with Crippen molar-refractivity contribution in [2.75, 3.05) is 0 Å². The Kier molecular flexibility index (Phi) is 3.92. The number of hydrogen-bond donors (Lipinski definition) is 1. The fourth-order valence-corrected chi connectivity index (χ4v) is 2.79. The van der Waals surface area contributed by atoms with Crippen LogP contribution in [-0.4, -0.2) is 10.9 Å². The van der Waals surface area contributed by atoms with Gasteiger partial charge in [-0.15, -0.1) is 0 Å². The minimum atomic E-state index is 0.0209. The summed E-state index contributed by atoms with van der Waals surface area (Å²) in [6, 6.07) is 18.6. The van der Waals surface area contributed by atoms with Gasteiger partial charge in [-0.05, 0) is 29.3 Å². The number of hydrogen-bond acceptors (Lipinski definition) is 2. The molecule has 0 aromatic heterocycles. The monoisotopic (exact) mass is 290 g/mol. The summed E-state index contributed by atoms with van der Waals surface area (Å²) in [4.78, 5) is 12.5. The molecule has 110 valence electrons. The van der Waals surface area contributed by atoms with Crippen LogP contribution >= 0.6 is 0 Å². The summed E-state index contributed by atoms with van der Waals surface area (Å²) in [5.41, 5.74) is 2.32. The van der Waals surface area contributed by atoms with Crippen molar-refractivity contribution in [1.82, 2.24) is 0 Å². The van der Waals surface area contributed by atoms with Gasteiger partial charge in [0.05, 0.1) is 0 Å². The first-order valence-electron chi connectivity index (χ1n) is 7.55. The lowest BCUT2D eigenvalue weighted by atomic mass is 9.96. The van der Waals surface area contributed by atoms with Gasteiger partial charge in [-0.25, -0.2) is 0 Å². The van der Waals surface area contributed by atoms with E-state index < -0.39 is 0 Å². The number of aromatic hydroxyl groups is 1. The molecule has 3 aromatic rings. The van der Waals surface area contributed by atoms with Gasteiger partial charge in [-0.1, -0.05) is 61.9 Å². The first-order valence-corrected chi connectivity index (χ1v) is 7.55. The summed E-state index contributed by atoms with van der Waals surface area (Å²) in [6.45, 7) is 2.09. The third-order valence-electron chi connectivity index (χ3n) is 3.90. The highest BCUT2D eigenvalue weighted by Gasteiger charge is 2.11. The van der Waals surface area contributed by atoms with Crippen molar-refractivity contribution < 1.29 is 9.90 Å². The first-order chi connectivity index (χ1) is 10.7. The average molecular weight is 290 g/mol. The van der Waals surface area contributed by atoms with Crippen LogP contribution in [0.5, 0.6) is 5.75 Å². The van der Waals surface area contributed by atoms with Gasteiger partial charge in [0.1, 0.15) is 5.75 Å². The van der Waals surface area contributed by atoms with Gasteiger partial charge in [0.15, 0.2) is 5.78 Å². The predicted molar refractivity (Wildman–Crippen MR) is 89.5 cm³/mol. The summed E-state index contributed by atoms with van der Waals surface area (Å²) in [6.07, 6.45) is 1.80. The zero-order valence-electron chi connectivity index (χ0n) is 12.5. The highest BCUT2D eigenvalue weighted by Crippen LogP contribution is 2.29. The van der Waals surface area contributed by atoms with Crippen LogP contribution in [0.2, 0.25) is 0 Å². The van der Waals surface area contributed by atoms with Crippen molar-refractivity contribution in [3.8, 4) is 5.75 Å². The molecule has 0 fully saturated rings. The second kappa shape index (κ2) is 6.02. The van der Waals surface area contributed by atoms with E-state index in [2.05, 4.69) is 6.92 Å². The van der Waals surface area contributed by atoms with Gasteiger partial charge in [0.25, 0.3) is 0 Å². The smallest absolute Gasteiger partial charge is 0.193 e. The zero-order valence-corrected chi connectivity index (χ0v) is 12.5. The number of carbonyl (C=O) groups is 1. The molecule has 2 heteroatoms. The molecule has 0 saturated heterocycles. The molecule has 0 bridgehead atoms. The van der Waals surface area contributed by atoms with Crippen LogP contribution < -0.4 is 0 Å². The predicted octanol–water partition coefficient (Wildman–Crippen LogP) is 4.73. The zero-order chi connectivity index (χ0) is 15.5. The van der Waals surface area contributed by atoms with E-state index in [0.717, 1.165) is 29.2 Å². The second-order valence-electron chi connectivity index (χ2n) is 5.44. The van der Waals surface area contributed by atoms with Crippen LogP contribution in [0.4, 0.5) is 0 Å². The second-order valence-corrected chi connectivity index (χ2v) is 5.44.